The van der Waals surface area contributed by atoms with Crippen LogP contribution in [0.1, 0.15) is 24.0 Å². The predicted molar refractivity (Wildman–Crippen MR) is 92.3 cm³/mol. The maximum atomic E-state index is 11.9. The lowest BCUT2D eigenvalue weighted by Crippen LogP contribution is -2.34. The molecule has 0 radical (unpaired) electrons. The lowest BCUT2D eigenvalue weighted by Gasteiger charge is -2.27. The molecule has 2 aliphatic heterocycles. The average molecular weight is 334 g/mol. The van der Waals surface area contributed by atoms with Crippen molar-refractivity contribution in [1.29, 1.82) is 0 Å². The molecule has 0 aliphatic carbocycles. The molecule has 0 spiro atoms. The summed E-state index contributed by atoms with van der Waals surface area (Å²) in [5.41, 5.74) is 3.56. The number of carbonyl (C=O) groups is 1. The third kappa shape index (κ3) is 3.93. The van der Waals surface area contributed by atoms with Gasteiger partial charge in [0.2, 0.25) is 5.91 Å². The number of fused-ring (bicyclic) bond motifs is 1. The highest BCUT2D eigenvalue weighted by atomic mass is 32.2. The van der Waals surface area contributed by atoms with Crippen molar-refractivity contribution >= 4 is 27.5 Å². The van der Waals surface area contributed by atoms with E-state index in [2.05, 4.69) is 29.4 Å². The molecule has 6 heteroatoms. The molecule has 1 fully saturated rings. The van der Waals surface area contributed by atoms with E-state index in [9.17, 15) is 13.2 Å². The van der Waals surface area contributed by atoms with Crippen LogP contribution in [0.4, 0.5) is 5.69 Å². The van der Waals surface area contributed by atoms with Crippen molar-refractivity contribution in [2.24, 2.45) is 0 Å². The van der Waals surface area contributed by atoms with Gasteiger partial charge in [0, 0.05) is 31.4 Å². The molecule has 1 N–H and O–H groups in total. The molecule has 0 aromatic heterocycles. The molecule has 0 bridgehead atoms. The van der Waals surface area contributed by atoms with E-state index in [0.29, 0.717) is 6.42 Å². The topological polar surface area (TPSA) is 66.5 Å². The van der Waals surface area contributed by atoms with Crippen LogP contribution in [0.3, 0.4) is 0 Å². The second-order valence-corrected chi connectivity index (χ2v) is 8.58. The fourth-order valence-corrected chi connectivity index (χ4v) is 4.91. The zero-order valence-corrected chi connectivity index (χ0v) is 14.1. The molecule has 2 heterocycles. The van der Waals surface area contributed by atoms with Gasteiger partial charge in [-0.15, -0.1) is 0 Å². The van der Waals surface area contributed by atoms with Gasteiger partial charge in [0.1, 0.15) is 0 Å². The minimum atomic E-state index is -2.97. The summed E-state index contributed by atoms with van der Waals surface area (Å²) in [5.74, 6) is -0.0143. The molecule has 1 atom stereocenters. The fourth-order valence-electron chi connectivity index (χ4n) is 3.24. The van der Waals surface area contributed by atoms with E-state index in [1.807, 2.05) is 6.07 Å². The van der Waals surface area contributed by atoms with E-state index in [0.717, 1.165) is 24.9 Å². The monoisotopic (exact) mass is 334 g/mol. The predicted octanol–water partition coefficient (Wildman–Crippen LogP) is 1.39. The van der Waals surface area contributed by atoms with Gasteiger partial charge < -0.3 is 10.2 Å². The van der Waals surface area contributed by atoms with Crippen molar-refractivity contribution in [3.05, 3.63) is 35.4 Å². The summed E-state index contributed by atoms with van der Waals surface area (Å²) in [4.78, 5) is 14.2. The van der Waals surface area contributed by atoms with Gasteiger partial charge in [0.15, 0.2) is 9.84 Å². The third-order valence-electron chi connectivity index (χ3n) is 4.46. The summed E-state index contributed by atoms with van der Waals surface area (Å²) in [7, 11) is -0.873. The molecule has 23 heavy (non-hydrogen) atoms. The number of hydrogen-bond acceptors (Lipinski definition) is 4. The van der Waals surface area contributed by atoms with Gasteiger partial charge in [-0.2, -0.15) is 0 Å². The van der Waals surface area contributed by atoms with Crippen LogP contribution in [0.5, 0.6) is 0 Å². The maximum Gasteiger partial charge on any atom is 0.244 e. The Hall–Kier alpha value is -1.82. The summed E-state index contributed by atoms with van der Waals surface area (Å²) in [5, 5.41) is 2.76. The fraction of sp³-hybridized carbons (Fsp3) is 0.471. The van der Waals surface area contributed by atoms with Crippen LogP contribution in [0, 0.1) is 0 Å². The quantitative estimate of drug-likeness (QED) is 0.848. The Morgan fingerprint density at radius 3 is 2.96 bits per heavy atom. The van der Waals surface area contributed by atoms with E-state index < -0.39 is 9.84 Å². The van der Waals surface area contributed by atoms with Gasteiger partial charge in [-0.1, -0.05) is 6.07 Å². The highest BCUT2D eigenvalue weighted by Crippen LogP contribution is 2.27. The SMILES string of the molecule is CN1CCCc2cc(/C=C\C(=O)N[C@H]3CCS(=O)(=O)C3)ccc21. The number of carbonyl (C=O) groups excluding carboxylic acids is 1. The lowest BCUT2D eigenvalue weighted by atomic mass is 9.99. The Labute approximate surface area is 137 Å². The highest BCUT2D eigenvalue weighted by molar-refractivity contribution is 7.91. The van der Waals surface area contributed by atoms with Gasteiger partial charge in [-0.05, 0) is 48.6 Å². The molecule has 1 saturated heterocycles. The molecule has 124 valence electrons. The van der Waals surface area contributed by atoms with Crippen molar-refractivity contribution in [1.82, 2.24) is 5.32 Å². The molecule has 1 aromatic rings. The first kappa shape index (κ1) is 16.1. The van der Waals surface area contributed by atoms with Crippen LogP contribution in [0.2, 0.25) is 0 Å². The number of benzene rings is 1. The van der Waals surface area contributed by atoms with Crippen molar-refractivity contribution in [2.45, 2.75) is 25.3 Å². The maximum absolute atomic E-state index is 11.9. The number of aryl methyl sites for hydroxylation is 1. The summed E-state index contributed by atoms with van der Waals surface area (Å²) in [6.07, 6.45) is 5.99. The smallest absolute Gasteiger partial charge is 0.244 e. The first-order valence-corrected chi connectivity index (χ1v) is 9.78. The number of anilines is 1. The molecule has 2 aliphatic rings. The Morgan fingerprint density at radius 1 is 1.39 bits per heavy atom. The van der Waals surface area contributed by atoms with Crippen LogP contribution in [-0.2, 0) is 21.1 Å². The van der Waals surface area contributed by atoms with Crippen molar-refractivity contribution in [2.75, 3.05) is 30.0 Å². The zero-order chi connectivity index (χ0) is 16.4. The molecule has 0 unspecified atom stereocenters. The van der Waals surface area contributed by atoms with Crippen LogP contribution in [0.25, 0.3) is 6.08 Å². The van der Waals surface area contributed by atoms with Crippen LogP contribution < -0.4 is 10.2 Å². The lowest BCUT2D eigenvalue weighted by molar-refractivity contribution is -0.116. The number of rotatable bonds is 3. The summed E-state index contributed by atoms with van der Waals surface area (Å²) >= 11 is 0. The Morgan fingerprint density at radius 2 is 2.22 bits per heavy atom. The Balaban J connectivity index is 1.62. The number of sulfone groups is 1. The Bertz CT molecular complexity index is 740. The standard InChI is InChI=1S/C17H22N2O3S/c1-19-9-2-3-14-11-13(4-6-16(14)19)5-7-17(20)18-15-8-10-23(21,22)12-15/h4-7,11,15H,2-3,8-10,12H2,1H3,(H,18,20)/b7-5-/t15-/m0/s1. The number of nitrogens with one attached hydrogen (secondary N) is 1. The minimum Gasteiger partial charge on any atom is -0.374 e. The summed E-state index contributed by atoms with van der Waals surface area (Å²) in [6, 6.07) is 5.96. The molecule has 1 aromatic carbocycles. The van der Waals surface area contributed by atoms with E-state index in [1.54, 1.807) is 6.08 Å². The molecule has 3 rings (SSSR count). The Kier molecular flexibility index (Phi) is 4.43. The van der Waals surface area contributed by atoms with Crippen LogP contribution in [-0.4, -0.2) is 45.5 Å². The minimum absolute atomic E-state index is 0.0533. The normalized spacial score (nSPS) is 23.0. The summed E-state index contributed by atoms with van der Waals surface area (Å²) < 4.78 is 22.8. The van der Waals surface area contributed by atoms with E-state index in [-0.39, 0.29) is 23.5 Å². The van der Waals surface area contributed by atoms with E-state index in [4.69, 9.17) is 0 Å². The molecular weight excluding hydrogens is 312 g/mol. The van der Waals surface area contributed by atoms with Crippen LogP contribution in [0.15, 0.2) is 24.3 Å². The first-order chi connectivity index (χ1) is 10.9. The second-order valence-electron chi connectivity index (χ2n) is 6.36. The third-order valence-corrected chi connectivity index (χ3v) is 6.23. The second kappa shape index (κ2) is 6.35. The summed E-state index contributed by atoms with van der Waals surface area (Å²) in [6.45, 7) is 1.08. The first-order valence-electron chi connectivity index (χ1n) is 7.96. The van der Waals surface area contributed by atoms with Crippen molar-refractivity contribution < 1.29 is 13.2 Å². The van der Waals surface area contributed by atoms with Crippen molar-refractivity contribution in [3.8, 4) is 0 Å². The van der Waals surface area contributed by atoms with Gasteiger partial charge >= 0.3 is 0 Å². The van der Waals surface area contributed by atoms with E-state index in [1.165, 1.54) is 17.3 Å². The highest BCUT2D eigenvalue weighted by Gasteiger charge is 2.28. The van der Waals surface area contributed by atoms with Gasteiger partial charge in [-0.3, -0.25) is 4.79 Å². The van der Waals surface area contributed by atoms with Crippen molar-refractivity contribution in [3.63, 3.8) is 0 Å². The van der Waals surface area contributed by atoms with E-state index >= 15 is 0 Å². The van der Waals surface area contributed by atoms with Gasteiger partial charge in [0.05, 0.1) is 11.5 Å². The molecule has 1 amide bonds. The number of nitrogens with zero attached hydrogens (tertiary/aromatic N) is 1. The average Bonchev–Trinajstić information content (AvgIpc) is 2.84. The molecular formula is C17H22N2O3S. The van der Waals surface area contributed by atoms with Crippen LogP contribution >= 0.6 is 0 Å². The zero-order valence-electron chi connectivity index (χ0n) is 13.3. The van der Waals surface area contributed by atoms with Gasteiger partial charge in [-0.25, -0.2) is 8.42 Å². The van der Waals surface area contributed by atoms with Gasteiger partial charge in [0.25, 0.3) is 0 Å². The number of hydrogen-bond donors (Lipinski definition) is 1. The molecule has 5 nitrogen and oxygen atoms in total. The number of amides is 1. The largest absolute Gasteiger partial charge is 0.374 e. The molecule has 0 saturated carbocycles.